The molecule has 0 unspecified atom stereocenters. The molecule has 2 aromatic heterocycles. The Balaban J connectivity index is 2.02. The lowest BCUT2D eigenvalue weighted by Crippen LogP contribution is -2.03. The number of imidazole rings is 1. The van der Waals surface area contributed by atoms with Gasteiger partial charge in [0.05, 0.1) is 17.5 Å². The normalized spacial score (nSPS) is 11.9. The fraction of sp³-hybridized carbons (Fsp3) is 0.0769. The highest BCUT2D eigenvalue weighted by molar-refractivity contribution is 5.62. The summed E-state index contributed by atoms with van der Waals surface area (Å²) in [6.07, 6.45) is -1.03. The molecule has 0 aliphatic heterocycles. The van der Waals surface area contributed by atoms with E-state index in [1.54, 1.807) is 29.0 Å². The fourth-order valence-corrected chi connectivity index (χ4v) is 1.80. The van der Waals surface area contributed by atoms with Crippen LogP contribution >= 0.6 is 0 Å². The number of hydrogen-bond donors (Lipinski definition) is 0. The molecular weight excluding hydrogens is 255 g/mol. The van der Waals surface area contributed by atoms with Gasteiger partial charge in [-0.2, -0.15) is 18.3 Å². The molecule has 1 aromatic carbocycles. The third kappa shape index (κ3) is 2.16. The molecule has 0 saturated heterocycles. The van der Waals surface area contributed by atoms with Gasteiger partial charge in [0.15, 0.2) is 5.65 Å². The molecule has 0 N–H and O–H groups in total. The molecular formula is C13H8F3N3. The first kappa shape index (κ1) is 11.7. The Morgan fingerprint density at radius 2 is 1.74 bits per heavy atom. The van der Waals surface area contributed by atoms with Crippen LogP contribution in [0.4, 0.5) is 13.2 Å². The Morgan fingerprint density at radius 1 is 1.00 bits per heavy atom. The highest BCUT2D eigenvalue weighted by atomic mass is 19.4. The van der Waals surface area contributed by atoms with Gasteiger partial charge in [-0.05, 0) is 24.3 Å². The van der Waals surface area contributed by atoms with Crippen molar-refractivity contribution in [1.29, 1.82) is 0 Å². The molecule has 3 rings (SSSR count). The van der Waals surface area contributed by atoms with E-state index in [4.69, 9.17) is 0 Å². The molecule has 0 amide bonds. The zero-order valence-corrected chi connectivity index (χ0v) is 9.59. The van der Waals surface area contributed by atoms with Crippen LogP contribution in [0.5, 0.6) is 0 Å². The summed E-state index contributed by atoms with van der Waals surface area (Å²) in [4.78, 5) is 4.29. The standard InChI is InChI=1S/C13H8F3N3/c14-13(15,16)10-5-3-9(4-6-10)11-8-19-12(18-11)2-1-7-17-19/h1-8H. The third-order valence-corrected chi connectivity index (χ3v) is 2.74. The van der Waals surface area contributed by atoms with Crippen molar-refractivity contribution in [3.8, 4) is 11.3 Å². The maximum absolute atomic E-state index is 12.5. The first-order chi connectivity index (χ1) is 9.04. The zero-order chi connectivity index (χ0) is 13.5. The van der Waals surface area contributed by atoms with Crippen molar-refractivity contribution in [1.82, 2.24) is 14.6 Å². The lowest BCUT2D eigenvalue weighted by Gasteiger charge is -2.06. The van der Waals surface area contributed by atoms with Crippen molar-refractivity contribution in [2.24, 2.45) is 0 Å². The van der Waals surface area contributed by atoms with Crippen LogP contribution in [0.2, 0.25) is 0 Å². The maximum Gasteiger partial charge on any atom is 0.416 e. The second-order valence-corrected chi connectivity index (χ2v) is 4.03. The van der Waals surface area contributed by atoms with E-state index in [1.807, 2.05) is 0 Å². The van der Waals surface area contributed by atoms with Crippen LogP contribution in [0, 0.1) is 0 Å². The molecule has 0 spiro atoms. The van der Waals surface area contributed by atoms with Crippen molar-refractivity contribution in [3.05, 3.63) is 54.4 Å². The molecule has 0 aliphatic carbocycles. The summed E-state index contributed by atoms with van der Waals surface area (Å²) in [5.41, 5.74) is 1.20. The molecule has 3 aromatic rings. The molecule has 0 aliphatic rings. The molecule has 6 heteroatoms. The van der Waals surface area contributed by atoms with Crippen molar-refractivity contribution < 1.29 is 13.2 Å². The van der Waals surface area contributed by atoms with E-state index in [2.05, 4.69) is 10.1 Å². The molecule has 0 fully saturated rings. The number of rotatable bonds is 1. The van der Waals surface area contributed by atoms with E-state index in [0.717, 1.165) is 12.1 Å². The maximum atomic E-state index is 12.5. The highest BCUT2D eigenvalue weighted by Gasteiger charge is 2.30. The van der Waals surface area contributed by atoms with Gasteiger partial charge in [0.25, 0.3) is 0 Å². The van der Waals surface area contributed by atoms with Crippen molar-refractivity contribution in [2.75, 3.05) is 0 Å². The van der Waals surface area contributed by atoms with Gasteiger partial charge in [-0.15, -0.1) is 0 Å². The minimum absolute atomic E-state index is 0.590. The van der Waals surface area contributed by atoms with E-state index >= 15 is 0 Å². The average molecular weight is 263 g/mol. The van der Waals surface area contributed by atoms with Crippen LogP contribution in [-0.4, -0.2) is 14.6 Å². The minimum Gasteiger partial charge on any atom is -0.227 e. The van der Waals surface area contributed by atoms with Crippen LogP contribution in [0.1, 0.15) is 5.56 Å². The van der Waals surface area contributed by atoms with Crippen LogP contribution in [0.25, 0.3) is 16.9 Å². The van der Waals surface area contributed by atoms with E-state index < -0.39 is 11.7 Å². The first-order valence-electron chi connectivity index (χ1n) is 5.52. The molecule has 0 saturated carbocycles. The summed E-state index contributed by atoms with van der Waals surface area (Å²) >= 11 is 0. The van der Waals surface area contributed by atoms with Crippen molar-refractivity contribution >= 4 is 5.65 Å². The van der Waals surface area contributed by atoms with Gasteiger partial charge in [0.1, 0.15) is 0 Å². The minimum atomic E-state index is -4.32. The van der Waals surface area contributed by atoms with Gasteiger partial charge >= 0.3 is 6.18 Å². The van der Waals surface area contributed by atoms with E-state index in [-0.39, 0.29) is 0 Å². The topological polar surface area (TPSA) is 30.2 Å². The van der Waals surface area contributed by atoms with Gasteiger partial charge < -0.3 is 0 Å². The Hall–Kier alpha value is -2.37. The highest BCUT2D eigenvalue weighted by Crippen LogP contribution is 2.30. The Bertz CT molecular complexity index is 681. The summed E-state index contributed by atoms with van der Waals surface area (Å²) in [6.45, 7) is 0. The van der Waals surface area contributed by atoms with Gasteiger partial charge in [-0.25, -0.2) is 9.50 Å². The molecule has 0 radical (unpaired) electrons. The zero-order valence-electron chi connectivity index (χ0n) is 9.59. The lowest BCUT2D eigenvalue weighted by atomic mass is 10.1. The number of alkyl halides is 3. The SMILES string of the molecule is FC(F)(F)c1ccc(-c2cn3ncccc3n2)cc1. The number of fused-ring (bicyclic) bond motifs is 1. The number of hydrogen-bond acceptors (Lipinski definition) is 2. The van der Waals surface area contributed by atoms with Crippen molar-refractivity contribution in [3.63, 3.8) is 0 Å². The smallest absolute Gasteiger partial charge is 0.227 e. The van der Waals surface area contributed by atoms with Gasteiger partial charge in [-0.1, -0.05) is 12.1 Å². The van der Waals surface area contributed by atoms with Crippen LogP contribution in [-0.2, 0) is 6.18 Å². The van der Waals surface area contributed by atoms with Gasteiger partial charge in [0.2, 0.25) is 0 Å². The summed E-state index contributed by atoms with van der Waals surface area (Å²) < 4.78 is 39.0. The van der Waals surface area contributed by atoms with E-state index in [9.17, 15) is 13.2 Å². The molecule has 0 bridgehead atoms. The summed E-state index contributed by atoms with van der Waals surface area (Å²) in [6, 6.07) is 8.44. The predicted octanol–water partition coefficient (Wildman–Crippen LogP) is 3.42. The monoisotopic (exact) mass is 263 g/mol. The van der Waals surface area contributed by atoms with Gasteiger partial charge in [-0.3, -0.25) is 0 Å². The number of halogens is 3. The number of aromatic nitrogens is 3. The second-order valence-electron chi connectivity index (χ2n) is 4.03. The van der Waals surface area contributed by atoms with Crippen LogP contribution < -0.4 is 0 Å². The number of nitrogens with zero attached hydrogens (tertiary/aromatic N) is 3. The quantitative estimate of drug-likeness (QED) is 0.673. The first-order valence-corrected chi connectivity index (χ1v) is 5.52. The summed E-state index contributed by atoms with van der Waals surface area (Å²) in [7, 11) is 0. The lowest BCUT2D eigenvalue weighted by molar-refractivity contribution is -0.137. The van der Waals surface area contributed by atoms with E-state index in [0.29, 0.717) is 16.9 Å². The fourth-order valence-electron chi connectivity index (χ4n) is 1.80. The predicted molar refractivity (Wildman–Crippen MR) is 63.4 cm³/mol. The molecule has 96 valence electrons. The Morgan fingerprint density at radius 3 is 2.37 bits per heavy atom. The van der Waals surface area contributed by atoms with Crippen LogP contribution in [0.15, 0.2) is 48.8 Å². The molecule has 3 nitrogen and oxygen atoms in total. The molecule has 0 atom stereocenters. The second kappa shape index (κ2) is 4.08. The third-order valence-electron chi connectivity index (χ3n) is 2.74. The largest absolute Gasteiger partial charge is 0.416 e. The summed E-state index contributed by atoms with van der Waals surface area (Å²) in [5, 5.41) is 4.06. The molecule has 19 heavy (non-hydrogen) atoms. The number of benzene rings is 1. The van der Waals surface area contributed by atoms with E-state index in [1.165, 1.54) is 12.1 Å². The summed E-state index contributed by atoms with van der Waals surface area (Å²) in [5.74, 6) is 0. The van der Waals surface area contributed by atoms with Crippen molar-refractivity contribution in [2.45, 2.75) is 6.18 Å². The van der Waals surface area contributed by atoms with Crippen LogP contribution in [0.3, 0.4) is 0 Å². The Labute approximate surface area is 106 Å². The molecule has 2 heterocycles. The Kier molecular flexibility index (Phi) is 2.51. The van der Waals surface area contributed by atoms with Gasteiger partial charge in [0, 0.05) is 11.8 Å². The average Bonchev–Trinajstić information content (AvgIpc) is 2.81.